The van der Waals surface area contributed by atoms with E-state index in [2.05, 4.69) is 6.92 Å². The molecule has 0 saturated carbocycles. The predicted octanol–water partition coefficient (Wildman–Crippen LogP) is 3.56. The Kier molecular flexibility index (Phi) is 3.93. The van der Waals surface area contributed by atoms with Crippen LogP contribution in [0.15, 0.2) is 24.3 Å². The molecule has 1 aromatic rings. The number of benzene rings is 1. The van der Waals surface area contributed by atoms with Gasteiger partial charge in [0, 0.05) is 0 Å². The van der Waals surface area contributed by atoms with E-state index >= 15 is 0 Å². The van der Waals surface area contributed by atoms with Gasteiger partial charge in [0.1, 0.15) is 11.4 Å². The molecule has 1 aromatic carbocycles. The van der Waals surface area contributed by atoms with Crippen molar-refractivity contribution in [2.75, 3.05) is 0 Å². The standard InChI is InChI=1S/C13H18O3/c1-5-10-6-8-11(9-7-10)15-12(14)16-13(2,3)4/h6-9H,5H2,1-4H3. The molecule has 0 saturated heterocycles. The molecule has 1 rings (SSSR count). The molecule has 0 fully saturated rings. The fourth-order valence-corrected chi connectivity index (χ4v) is 1.16. The second-order valence-electron chi connectivity index (χ2n) is 4.56. The summed E-state index contributed by atoms with van der Waals surface area (Å²) >= 11 is 0. The summed E-state index contributed by atoms with van der Waals surface area (Å²) in [6, 6.07) is 7.39. The predicted molar refractivity (Wildman–Crippen MR) is 62.7 cm³/mol. The largest absolute Gasteiger partial charge is 0.514 e. The molecule has 0 aliphatic heterocycles. The summed E-state index contributed by atoms with van der Waals surface area (Å²) in [6.07, 6.45) is 0.295. The van der Waals surface area contributed by atoms with Crippen LogP contribution >= 0.6 is 0 Å². The summed E-state index contributed by atoms with van der Waals surface area (Å²) < 4.78 is 10.1. The maximum absolute atomic E-state index is 11.3. The lowest BCUT2D eigenvalue weighted by atomic mass is 10.2. The first-order chi connectivity index (χ1) is 7.40. The molecule has 0 amide bonds. The Morgan fingerprint density at radius 2 is 1.75 bits per heavy atom. The van der Waals surface area contributed by atoms with Crippen molar-refractivity contribution < 1.29 is 14.3 Å². The number of ether oxygens (including phenoxy) is 2. The van der Waals surface area contributed by atoms with Crippen LogP contribution in [0.1, 0.15) is 33.3 Å². The second-order valence-corrected chi connectivity index (χ2v) is 4.56. The molecule has 3 nitrogen and oxygen atoms in total. The van der Waals surface area contributed by atoms with Gasteiger partial charge < -0.3 is 9.47 Å². The molecule has 0 spiro atoms. The number of hydrogen-bond donors (Lipinski definition) is 0. The Morgan fingerprint density at radius 3 is 2.19 bits per heavy atom. The SMILES string of the molecule is CCc1ccc(OC(=O)OC(C)(C)C)cc1. The third kappa shape index (κ3) is 4.34. The van der Waals surface area contributed by atoms with Crippen LogP contribution in [0.2, 0.25) is 0 Å². The van der Waals surface area contributed by atoms with Gasteiger partial charge in [-0.3, -0.25) is 0 Å². The van der Waals surface area contributed by atoms with E-state index in [4.69, 9.17) is 9.47 Å². The van der Waals surface area contributed by atoms with E-state index in [0.29, 0.717) is 5.75 Å². The Labute approximate surface area is 96.4 Å². The summed E-state index contributed by atoms with van der Waals surface area (Å²) in [7, 11) is 0. The van der Waals surface area contributed by atoms with Crippen molar-refractivity contribution in [1.82, 2.24) is 0 Å². The molecule has 0 aliphatic carbocycles. The fourth-order valence-electron chi connectivity index (χ4n) is 1.16. The zero-order valence-corrected chi connectivity index (χ0v) is 10.2. The normalized spacial score (nSPS) is 11.0. The average Bonchev–Trinajstić information content (AvgIpc) is 2.16. The van der Waals surface area contributed by atoms with Crippen LogP contribution in [0.5, 0.6) is 5.75 Å². The van der Waals surface area contributed by atoms with Crippen LogP contribution in [-0.4, -0.2) is 11.8 Å². The van der Waals surface area contributed by atoms with Gasteiger partial charge in [-0.25, -0.2) is 4.79 Å². The second kappa shape index (κ2) is 5.01. The molecular weight excluding hydrogens is 204 g/mol. The first kappa shape index (κ1) is 12.6. The van der Waals surface area contributed by atoms with Gasteiger partial charge >= 0.3 is 6.16 Å². The van der Waals surface area contributed by atoms with Crippen molar-refractivity contribution in [3.05, 3.63) is 29.8 Å². The minimum Gasteiger partial charge on any atom is -0.428 e. The van der Waals surface area contributed by atoms with E-state index < -0.39 is 11.8 Å². The van der Waals surface area contributed by atoms with Crippen LogP contribution in [0.4, 0.5) is 4.79 Å². The van der Waals surface area contributed by atoms with E-state index in [0.717, 1.165) is 6.42 Å². The third-order valence-corrected chi connectivity index (χ3v) is 1.92. The van der Waals surface area contributed by atoms with E-state index in [-0.39, 0.29) is 0 Å². The highest BCUT2D eigenvalue weighted by molar-refractivity contribution is 5.64. The van der Waals surface area contributed by atoms with Crippen molar-refractivity contribution in [1.29, 1.82) is 0 Å². The summed E-state index contributed by atoms with van der Waals surface area (Å²) in [5.74, 6) is 0.506. The topological polar surface area (TPSA) is 35.5 Å². The highest BCUT2D eigenvalue weighted by Gasteiger charge is 2.17. The van der Waals surface area contributed by atoms with E-state index in [1.54, 1.807) is 32.9 Å². The van der Waals surface area contributed by atoms with Crippen LogP contribution in [0.25, 0.3) is 0 Å². The van der Waals surface area contributed by atoms with E-state index in [1.165, 1.54) is 5.56 Å². The number of rotatable bonds is 2. The monoisotopic (exact) mass is 222 g/mol. The maximum atomic E-state index is 11.3. The molecule has 0 aromatic heterocycles. The van der Waals surface area contributed by atoms with E-state index in [1.807, 2.05) is 12.1 Å². The molecular formula is C13H18O3. The Morgan fingerprint density at radius 1 is 1.19 bits per heavy atom. The zero-order valence-electron chi connectivity index (χ0n) is 10.2. The highest BCUT2D eigenvalue weighted by atomic mass is 16.7. The third-order valence-electron chi connectivity index (χ3n) is 1.92. The van der Waals surface area contributed by atoms with Gasteiger partial charge in [-0.1, -0.05) is 19.1 Å². The molecule has 0 atom stereocenters. The minimum absolute atomic E-state index is 0.506. The van der Waals surface area contributed by atoms with Crippen LogP contribution in [0.3, 0.4) is 0 Å². The quantitative estimate of drug-likeness (QED) is 0.567. The number of carbonyl (C=O) groups is 1. The van der Waals surface area contributed by atoms with Crippen LogP contribution < -0.4 is 4.74 Å². The van der Waals surface area contributed by atoms with Crippen LogP contribution in [0, 0.1) is 0 Å². The molecule has 0 aliphatic rings. The molecule has 0 bridgehead atoms. The number of carbonyl (C=O) groups excluding carboxylic acids is 1. The van der Waals surface area contributed by atoms with Gasteiger partial charge in [0.15, 0.2) is 0 Å². The first-order valence-electron chi connectivity index (χ1n) is 5.40. The van der Waals surface area contributed by atoms with Crippen molar-refractivity contribution in [3.63, 3.8) is 0 Å². The molecule has 3 heteroatoms. The van der Waals surface area contributed by atoms with Gasteiger partial charge in [-0.15, -0.1) is 0 Å². The summed E-state index contributed by atoms with van der Waals surface area (Å²) in [6.45, 7) is 7.47. The number of hydrogen-bond acceptors (Lipinski definition) is 3. The fraction of sp³-hybridized carbons (Fsp3) is 0.462. The maximum Gasteiger partial charge on any atom is 0.514 e. The average molecular weight is 222 g/mol. The molecule has 16 heavy (non-hydrogen) atoms. The Balaban J connectivity index is 2.56. The zero-order chi connectivity index (χ0) is 12.2. The molecule has 0 unspecified atom stereocenters. The summed E-state index contributed by atoms with van der Waals surface area (Å²) in [4.78, 5) is 11.3. The molecule has 0 N–H and O–H groups in total. The lowest BCUT2D eigenvalue weighted by Crippen LogP contribution is -2.25. The highest BCUT2D eigenvalue weighted by Crippen LogP contribution is 2.15. The van der Waals surface area contributed by atoms with Gasteiger partial charge in [0.05, 0.1) is 0 Å². The van der Waals surface area contributed by atoms with E-state index in [9.17, 15) is 4.79 Å². The molecule has 88 valence electrons. The van der Waals surface area contributed by atoms with Crippen molar-refractivity contribution in [2.24, 2.45) is 0 Å². The lowest BCUT2D eigenvalue weighted by Gasteiger charge is -2.18. The Bertz CT molecular complexity index is 346. The minimum atomic E-state index is -0.670. The first-order valence-corrected chi connectivity index (χ1v) is 5.40. The Hall–Kier alpha value is -1.51. The molecule has 0 radical (unpaired) electrons. The summed E-state index contributed by atoms with van der Waals surface area (Å²) in [5, 5.41) is 0. The van der Waals surface area contributed by atoms with Gasteiger partial charge in [0.2, 0.25) is 0 Å². The van der Waals surface area contributed by atoms with Gasteiger partial charge in [-0.05, 0) is 44.9 Å². The van der Waals surface area contributed by atoms with Crippen molar-refractivity contribution in [3.8, 4) is 5.75 Å². The smallest absolute Gasteiger partial charge is 0.428 e. The van der Waals surface area contributed by atoms with Gasteiger partial charge in [0.25, 0.3) is 0 Å². The van der Waals surface area contributed by atoms with Gasteiger partial charge in [-0.2, -0.15) is 0 Å². The van der Waals surface area contributed by atoms with Crippen molar-refractivity contribution in [2.45, 2.75) is 39.7 Å². The summed E-state index contributed by atoms with van der Waals surface area (Å²) in [5.41, 5.74) is 0.678. The van der Waals surface area contributed by atoms with Crippen LogP contribution in [-0.2, 0) is 11.2 Å². The lowest BCUT2D eigenvalue weighted by molar-refractivity contribution is 0.0206. The van der Waals surface area contributed by atoms with Crippen molar-refractivity contribution >= 4 is 6.16 Å². The molecule has 0 heterocycles. The number of aryl methyl sites for hydroxylation is 1.